The molecule has 4 rings (SSSR count). The van der Waals surface area contributed by atoms with Crippen molar-refractivity contribution in [3.8, 4) is 11.5 Å². The number of phenols is 1. The molecule has 3 N–H and O–H groups in total. The number of benzene rings is 4. The van der Waals surface area contributed by atoms with Crippen LogP contribution >= 0.6 is 0 Å². The van der Waals surface area contributed by atoms with E-state index < -0.39 is 5.91 Å². The Morgan fingerprint density at radius 2 is 1.70 bits per heavy atom. The molecule has 0 saturated carbocycles. The molecule has 8 heteroatoms. The van der Waals surface area contributed by atoms with E-state index >= 15 is 0 Å². The smallest absolute Gasteiger partial charge is 0.259 e. The first-order valence-corrected chi connectivity index (χ1v) is 9.98. The molecule has 4 aromatic carbocycles. The van der Waals surface area contributed by atoms with Gasteiger partial charge in [-0.05, 0) is 53.4 Å². The van der Waals surface area contributed by atoms with E-state index in [1.54, 1.807) is 67.8 Å². The number of ether oxygens (including phenoxy) is 1. The third-order valence-electron chi connectivity index (χ3n) is 4.95. The average molecular weight is 440 g/mol. The Kier molecular flexibility index (Phi) is 6.26. The van der Waals surface area contributed by atoms with Gasteiger partial charge in [-0.25, -0.2) is 0 Å². The summed E-state index contributed by atoms with van der Waals surface area (Å²) in [5.41, 5.74) is 2.05. The fourth-order valence-corrected chi connectivity index (χ4v) is 3.27. The topological polar surface area (TPSA) is 116 Å². The first kappa shape index (κ1) is 21.5. The first-order valence-electron chi connectivity index (χ1n) is 9.98. The lowest BCUT2D eigenvalue weighted by molar-refractivity contribution is 0.102. The van der Waals surface area contributed by atoms with Gasteiger partial charge < -0.3 is 20.4 Å². The highest BCUT2D eigenvalue weighted by Gasteiger charge is 2.18. The van der Waals surface area contributed by atoms with Gasteiger partial charge in [0.2, 0.25) is 0 Å². The first-order chi connectivity index (χ1) is 16.1. The molecule has 0 aliphatic heterocycles. The molecule has 4 aromatic rings. The van der Waals surface area contributed by atoms with E-state index in [-0.39, 0.29) is 17.0 Å². The van der Waals surface area contributed by atoms with Crippen LogP contribution in [0.2, 0.25) is 0 Å². The fraction of sp³-hybridized carbons (Fsp3) is 0.0400. The number of carbonyl (C=O) groups excluding carboxylic acids is 1. The number of carbonyl (C=O) groups is 1. The number of rotatable bonds is 6. The van der Waals surface area contributed by atoms with Crippen molar-refractivity contribution in [2.45, 2.75) is 0 Å². The number of hydrogen-bond donors (Lipinski definition) is 3. The summed E-state index contributed by atoms with van der Waals surface area (Å²) in [6.07, 6.45) is 1.30. The summed E-state index contributed by atoms with van der Waals surface area (Å²) in [6, 6.07) is 22.6. The zero-order chi connectivity index (χ0) is 23.2. The number of phenolic OH excluding ortho intramolecular Hbond substituents is 1. The third kappa shape index (κ3) is 4.80. The van der Waals surface area contributed by atoms with Gasteiger partial charge in [0.05, 0.1) is 24.6 Å². The number of methoxy groups -OCH3 is 1. The molecule has 0 radical (unpaired) electrons. The van der Waals surface area contributed by atoms with Gasteiger partial charge in [0.15, 0.2) is 5.75 Å². The SMILES string of the molecule is COc1ccc(NC(=O)c2cc3ccccc3c(N=Nc3ccc(/C=N/O)cc3)c2O)cc1. The van der Waals surface area contributed by atoms with E-state index in [1.165, 1.54) is 6.21 Å². The van der Waals surface area contributed by atoms with Gasteiger partial charge in [0.25, 0.3) is 5.91 Å². The summed E-state index contributed by atoms with van der Waals surface area (Å²) in [6.45, 7) is 0. The molecule has 0 aromatic heterocycles. The van der Waals surface area contributed by atoms with Crippen molar-refractivity contribution in [2.75, 3.05) is 12.4 Å². The highest BCUT2D eigenvalue weighted by molar-refractivity contribution is 6.11. The van der Waals surface area contributed by atoms with Crippen LogP contribution in [0.25, 0.3) is 10.8 Å². The van der Waals surface area contributed by atoms with Gasteiger partial charge >= 0.3 is 0 Å². The maximum absolute atomic E-state index is 13.0. The highest BCUT2D eigenvalue weighted by atomic mass is 16.5. The van der Waals surface area contributed by atoms with Crippen LogP contribution in [0.3, 0.4) is 0 Å². The molecule has 0 fully saturated rings. The van der Waals surface area contributed by atoms with Crippen molar-refractivity contribution in [1.29, 1.82) is 0 Å². The molecular formula is C25H20N4O4. The van der Waals surface area contributed by atoms with Crippen LogP contribution in [-0.4, -0.2) is 29.5 Å². The number of fused-ring (bicyclic) bond motifs is 1. The normalized spacial score (nSPS) is 11.3. The van der Waals surface area contributed by atoms with Crippen molar-refractivity contribution < 1.29 is 19.8 Å². The number of azo groups is 1. The minimum absolute atomic E-state index is 0.0768. The van der Waals surface area contributed by atoms with E-state index in [0.717, 1.165) is 5.39 Å². The summed E-state index contributed by atoms with van der Waals surface area (Å²) in [7, 11) is 1.56. The van der Waals surface area contributed by atoms with Gasteiger partial charge in [0, 0.05) is 11.1 Å². The minimum Gasteiger partial charge on any atom is -0.505 e. The zero-order valence-electron chi connectivity index (χ0n) is 17.6. The Morgan fingerprint density at radius 1 is 0.970 bits per heavy atom. The molecule has 0 aliphatic rings. The van der Waals surface area contributed by atoms with Gasteiger partial charge in [0.1, 0.15) is 11.4 Å². The number of aromatic hydroxyl groups is 1. The van der Waals surface area contributed by atoms with Crippen LogP contribution in [0.5, 0.6) is 11.5 Å². The summed E-state index contributed by atoms with van der Waals surface area (Å²) in [5.74, 6) is -0.0825. The second kappa shape index (κ2) is 9.61. The van der Waals surface area contributed by atoms with E-state index in [0.29, 0.717) is 28.1 Å². The van der Waals surface area contributed by atoms with Crippen LogP contribution in [-0.2, 0) is 0 Å². The van der Waals surface area contributed by atoms with Crippen molar-refractivity contribution >= 4 is 40.0 Å². The molecule has 0 bridgehead atoms. The predicted octanol–water partition coefficient (Wildman–Crippen LogP) is 6.03. The number of oxime groups is 1. The number of anilines is 1. The van der Waals surface area contributed by atoms with Gasteiger partial charge in [-0.3, -0.25) is 4.79 Å². The molecule has 0 atom stereocenters. The maximum atomic E-state index is 13.0. The van der Waals surface area contributed by atoms with E-state index in [9.17, 15) is 9.90 Å². The van der Waals surface area contributed by atoms with Crippen molar-refractivity contribution in [3.05, 3.63) is 90.0 Å². The Bertz CT molecular complexity index is 1350. The van der Waals surface area contributed by atoms with Crippen LogP contribution in [0, 0.1) is 0 Å². The number of amides is 1. The molecule has 33 heavy (non-hydrogen) atoms. The molecule has 0 spiro atoms. The number of nitrogens with zero attached hydrogens (tertiary/aromatic N) is 3. The number of hydrogen-bond acceptors (Lipinski definition) is 7. The molecule has 0 aliphatic carbocycles. The van der Waals surface area contributed by atoms with E-state index in [4.69, 9.17) is 9.94 Å². The molecule has 0 unspecified atom stereocenters. The van der Waals surface area contributed by atoms with Crippen LogP contribution < -0.4 is 10.1 Å². The summed E-state index contributed by atoms with van der Waals surface area (Å²) < 4.78 is 5.13. The molecule has 164 valence electrons. The minimum atomic E-state index is -0.479. The number of nitrogens with one attached hydrogen (secondary N) is 1. The fourth-order valence-electron chi connectivity index (χ4n) is 3.27. The predicted molar refractivity (Wildman–Crippen MR) is 127 cm³/mol. The maximum Gasteiger partial charge on any atom is 0.259 e. The molecule has 0 heterocycles. The van der Waals surface area contributed by atoms with Crippen molar-refractivity contribution in [3.63, 3.8) is 0 Å². The summed E-state index contributed by atoms with van der Waals surface area (Å²) >= 11 is 0. The molecular weight excluding hydrogens is 420 g/mol. The lowest BCUT2D eigenvalue weighted by atomic mass is 10.0. The highest BCUT2D eigenvalue weighted by Crippen LogP contribution is 2.39. The standard InChI is InChI=1S/C25H20N4O4/c1-33-20-12-10-18(11-13-20)27-25(31)22-14-17-4-2-3-5-21(17)23(24(22)30)29-28-19-8-6-16(7-9-19)15-26-32/h2-15,30,32H,1H3,(H,27,31)/b26-15+,29-28?. The second-order valence-corrected chi connectivity index (χ2v) is 7.06. The zero-order valence-corrected chi connectivity index (χ0v) is 17.6. The van der Waals surface area contributed by atoms with Crippen molar-refractivity contribution in [2.24, 2.45) is 15.4 Å². The Labute approximate surface area is 189 Å². The van der Waals surface area contributed by atoms with Crippen LogP contribution in [0.1, 0.15) is 15.9 Å². The summed E-state index contributed by atoms with van der Waals surface area (Å²) in [5, 5.41) is 35.2. The monoisotopic (exact) mass is 440 g/mol. The Morgan fingerprint density at radius 3 is 2.39 bits per heavy atom. The summed E-state index contributed by atoms with van der Waals surface area (Å²) in [4.78, 5) is 13.0. The molecule has 8 nitrogen and oxygen atoms in total. The van der Waals surface area contributed by atoms with Crippen molar-refractivity contribution in [1.82, 2.24) is 0 Å². The lowest BCUT2D eigenvalue weighted by Crippen LogP contribution is -2.12. The van der Waals surface area contributed by atoms with Gasteiger partial charge in [-0.1, -0.05) is 41.6 Å². The quantitative estimate of drug-likeness (QED) is 0.147. The molecule has 0 saturated heterocycles. The second-order valence-electron chi connectivity index (χ2n) is 7.06. The van der Waals surface area contributed by atoms with Gasteiger partial charge in [-0.2, -0.15) is 5.11 Å². The lowest BCUT2D eigenvalue weighted by Gasteiger charge is -2.11. The molecule has 1 amide bonds. The van der Waals surface area contributed by atoms with E-state index in [2.05, 4.69) is 20.7 Å². The van der Waals surface area contributed by atoms with E-state index in [1.807, 2.05) is 18.2 Å². The average Bonchev–Trinajstić information content (AvgIpc) is 2.84. The largest absolute Gasteiger partial charge is 0.505 e. The Balaban J connectivity index is 1.69. The van der Waals surface area contributed by atoms with Crippen LogP contribution in [0.15, 0.2) is 94.2 Å². The Hall–Kier alpha value is -4.72. The van der Waals surface area contributed by atoms with Gasteiger partial charge in [-0.15, -0.1) is 5.11 Å². The van der Waals surface area contributed by atoms with Crippen LogP contribution in [0.4, 0.5) is 17.1 Å². The third-order valence-corrected chi connectivity index (χ3v) is 4.95.